The van der Waals surface area contributed by atoms with Crippen molar-refractivity contribution in [2.24, 2.45) is 0 Å². The first-order chi connectivity index (χ1) is 9.97. The summed E-state index contributed by atoms with van der Waals surface area (Å²) in [5.74, 6) is -0.0894. The Kier molecular flexibility index (Phi) is 4.46. The Balaban J connectivity index is 2.09. The molecule has 8 heteroatoms. The Morgan fingerprint density at radius 2 is 2.14 bits per heavy atom. The predicted octanol–water partition coefficient (Wildman–Crippen LogP) is 0.0241. The third-order valence-electron chi connectivity index (χ3n) is 3.45. The van der Waals surface area contributed by atoms with E-state index in [0.29, 0.717) is 37.5 Å². The maximum atomic E-state index is 12.2. The van der Waals surface area contributed by atoms with Crippen LogP contribution in [0.25, 0.3) is 0 Å². The Morgan fingerprint density at radius 3 is 2.81 bits per heavy atom. The lowest BCUT2D eigenvalue weighted by molar-refractivity contribution is -0.143. The Hall–Kier alpha value is -2.09. The molecule has 0 aromatic carbocycles. The van der Waals surface area contributed by atoms with E-state index in [0.717, 1.165) is 0 Å². The molecule has 0 bridgehead atoms. The van der Waals surface area contributed by atoms with Gasteiger partial charge in [0.15, 0.2) is 11.5 Å². The summed E-state index contributed by atoms with van der Waals surface area (Å²) in [6, 6.07) is 0. The quantitative estimate of drug-likeness (QED) is 0.771. The van der Waals surface area contributed by atoms with Crippen molar-refractivity contribution in [2.45, 2.75) is 32.7 Å². The number of carbonyl (C=O) groups is 2. The van der Waals surface area contributed by atoms with Gasteiger partial charge in [-0.2, -0.15) is 0 Å². The van der Waals surface area contributed by atoms with E-state index in [9.17, 15) is 14.7 Å². The fourth-order valence-corrected chi connectivity index (χ4v) is 2.29. The van der Waals surface area contributed by atoms with Crippen molar-refractivity contribution in [2.75, 3.05) is 25.6 Å². The topological polar surface area (TPSA) is 87.9 Å². The van der Waals surface area contributed by atoms with Crippen molar-refractivity contribution in [3.05, 3.63) is 12.0 Å². The molecule has 1 amide bonds. The van der Waals surface area contributed by atoms with Crippen LogP contribution in [0.1, 0.15) is 30.3 Å². The summed E-state index contributed by atoms with van der Waals surface area (Å²) in [6.45, 7) is 2.62. The predicted molar refractivity (Wildman–Crippen MR) is 74.6 cm³/mol. The van der Waals surface area contributed by atoms with Crippen molar-refractivity contribution in [3.8, 4) is 0 Å². The number of ether oxygens (including phenoxy) is 1. The molecule has 2 rings (SSSR count). The minimum Gasteiger partial charge on any atom is -0.466 e. The Bertz CT molecular complexity index is 542. The molecule has 1 unspecified atom stereocenters. The zero-order valence-corrected chi connectivity index (χ0v) is 12.4. The van der Waals surface area contributed by atoms with Gasteiger partial charge in [0.25, 0.3) is 5.91 Å². The first-order valence-electron chi connectivity index (χ1n) is 6.86. The number of imidazole rings is 1. The second-order valence-corrected chi connectivity index (χ2v) is 4.89. The number of hydrogen-bond donors (Lipinski definition) is 1. The highest BCUT2D eigenvalue weighted by Gasteiger charge is 2.35. The van der Waals surface area contributed by atoms with Crippen molar-refractivity contribution in [1.82, 2.24) is 14.5 Å². The normalized spacial score (nSPS) is 17.9. The van der Waals surface area contributed by atoms with E-state index in [1.165, 1.54) is 16.8 Å². The van der Waals surface area contributed by atoms with E-state index in [1.807, 2.05) is 0 Å². The van der Waals surface area contributed by atoms with Gasteiger partial charge in [0.1, 0.15) is 0 Å². The third kappa shape index (κ3) is 2.85. The van der Waals surface area contributed by atoms with Gasteiger partial charge >= 0.3 is 5.97 Å². The van der Waals surface area contributed by atoms with Crippen molar-refractivity contribution < 1.29 is 19.4 Å². The maximum absolute atomic E-state index is 12.2. The zero-order valence-electron chi connectivity index (χ0n) is 12.4. The second kappa shape index (κ2) is 6.13. The summed E-state index contributed by atoms with van der Waals surface area (Å²) in [4.78, 5) is 30.5. The van der Waals surface area contributed by atoms with Gasteiger partial charge in [-0.3, -0.25) is 14.5 Å². The lowest BCUT2D eigenvalue weighted by Crippen LogP contribution is -2.52. The van der Waals surface area contributed by atoms with E-state index >= 15 is 0 Å². The zero-order chi connectivity index (χ0) is 15.6. The van der Waals surface area contributed by atoms with Crippen LogP contribution in [-0.2, 0) is 16.1 Å². The molecule has 0 saturated heterocycles. The molecule has 1 N–H and O–H groups in total. The molecule has 0 saturated carbocycles. The molecule has 116 valence electrons. The molecule has 0 fully saturated rings. The standard InChI is InChI=1S/C13H20N4O4/c1-4-21-9(18)6-5-7-17-8-14-11-10(17)12(19)16(3)13(20)15(11)2/h8,13,20H,4-7H2,1-3H3. The average molecular weight is 296 g/mol. The Morgan fingerprint density at radius 1 is 1.43 bits per heavy atom. The van der Waals surface area contributed by atoms with E-state index in [-0.39, 0.29) is 11.9 Å². The molecule has 1 aliphatic rings. The number of anilines is 1. The highest BCUT2D eigenvalue weighted by Crippen LogP contribution is 2.26. The molecule has 0 spiro atoms. The first-order valence-corrected chi connectivity index (χ1v) is 6.86. The van der Waals surface area contributed by atoms with Crippen LogP contribution >= 0.6 is 0 Å². The number of aliphatic hydroxyl groups is 1. The summed E-state index contributed by atoms with van der Waals surface area (Å²) in [6.07, 6.45) is 1.39. The van der Waals surface area contributed by atoms with Crippen LogP contribution in [0, 0.1) is 0 Å². The number of amides is 1. The molecule has 0 radical (unpaired) electrons. The number of esters is 1. The van der Waals surface area contributed by atoms with Gasteiger partial charge in [0, 0.05) is 27.1 Å². The van der Waals surface area contributed by atoms with Crippen LogP contribution in [0.5, 0.6) is 0 Å². The molecule has 8 nitrogen and oxygen atoms in total. The minimum absolute atomic E-state index is 0.248. The van der Waals surface area contributed by atoms with E-state index in [1.54, 1.807) is 24.9 Å². The molecule has 1 aromatic heterocycles. The van der Waals surface area contributed by atoms with Crippen molar-refractivity contribution in [1.29, 1.82) is 0 Å². The van der Waals surface area contributed by atoms with Gasteiger partial charge in [-0.15, -0.1) is 0 Å². The van der Waals surface area contributed by atoms with Gasteiger partial charge in [-0.25, -0.2) is 4.98 Å². The van der Waals surface area contributed by atoms with Gasteiger partial charge in [-0.05, 0) is 13.3 Å². The number of carbonyl (C=O) groups excluding carboxylic acids is 2. The summed E-state index contributed by atoms with van der Waals surface area (Å²) in [5, 5.41) is 9.90. The molecule has 21 heavy (non-hydrogen) atoms. The lowest BCUT2D eigenvalue weighted by Gasteiger charge is -2.36. The van der Waals surface area contributed by atoms with Crippen molar-refractivity contribution in [3.63, 3.8) is 0 Å². The van der Waals surface area contributed by atoms with Gasteiger partial charge in [0.05, 0.1) is 12.9 Å². The number of aryl methyl sites for hydroxylation is 1. The molecule has 1 aliphatic heterocycles. The minimum atomic E-state index is -1.02. The number of aromatic nitrogens is 2. The first kappa shape index (κ1) is 15.3. The Labute approximate surface area is 122 Å². The molecular formula is C13H20N4O4. The average Bonchev–Trinajstić information content (AvgIpc) is 2.87. The van der Waals surface area contributed by atoms with Crippen LogP contribution in [0.15, 0.2) is 6.33 Å². The summed E-state index contributed by atoms with van der Waals surface area (Å²) < 4.78 is 6.57. The molecule has 2 heterocycles. The molecule has 1 aromatic rings. The lowest BCUT2D eigenvalue weighted by atomic mass is 10.2. The number of nitrogens with zero attached hydrogens (tertiary/aromatic N) is 4. The number of hydrogen-bond acceptors (Lipinski definition) is 6. The third-order valence-corrected chi connectivity index (χ3v) is 3.45. The summed E-state index contributed by atoms with van der Waals surface area (Å²) >= 11 is 0. The number of fused-ring (bicyclic) bond motifs is 1. The van der Waals surface area contributed by atoms with Gasteiger partial charge < -0.3 is 19.3 Å². The fourth-order valence-electron chi connectivity index (χ4n) is 2.29. The largest absolute Gasteiger partial charge is 0.466 e. The van der Waals surface area contributed by atoms with Crippen LogP contribution in [0.3, 0.4) is 0 Å². The van der Waals surface area contributed by atoms with Crippen LogP contribution in [0.4, 0.5) is 5.82 Å². The van der Waals surface area contributed by atoms with Gasteiger partial charge in [-0.1, -0.05) is 0 Å². The second-order valence-electron chi connectivity index (χ2n) is 4.89. The summed E-state index contributed by atoms with van der Waals surface area (Å²) in [7, 11) is 3.20. The van der Waals surface area contributed by atoms with Gasteiger partial charge in [0.2, 0.25) is 6.35 Å². The van der Waals surface area contributed by atoms with Crippen LogP contribution in [0.2, 0.25) is 0 Å². The van der Waals surface area contributed by atoms with Crippen LogP contribution < -0.4 is 4.90 Å². The number of rotatable bonds is 5. The van der Waals surface area contributed by atoms with E-state index < -0.39 is 6.35 Å². The molecule has 1 atom stereocenters. The van der Waals surface area contributed by atoms with E-state index in [4.69, 9.17) is 4.74 Å². The fraction of sp³-hybridized carbons (Fsp3) is 0.615. The highest BCUT2D eigenvalue weighted by atomic mass is 16.5. The molecular weight excluding hydrogens is 276 g/mol. The smallest absolute Gasteiger partial charge is 0.305 e. The van der Waals surface area contributed by atoms with E-state index in [2.05, 4.69) is 4.98 Å². The maximum Gasteiger partial charge on any atom is 0.305 e. The number of aliphatic hydroxyl groups excluding tert-OH is 1. The molecule has 0 aliphatic carbocycles. The summed E-state index contributed by atoms with van der Waals surface area (Å²) in [5.41, 5.74) is 0.425. The van der Waals surface area contributed by atoms with Crippen molar-refractivity contribution >= 4 is 17.7 Å². The highest BCUT2D eigenvalue weighted by molar-refractivity contribution is 5.99. The van der Waals surface area contributed by atoms with Crippen LogP contribution in [-0.4, -0.2) is 58.5 Å². The monoisotopic (exact) mass is 296 g/mol. The SMILES string of the molecule is CCOC(=O)CCCn1cnc2c1C(=O)N(C)C(O)N2C.